The minimum absolute atomic E-state index is 0.128. The van der Waals surface area contributed by atoms with E-state index in [2.05, 4.69) is 15.1 Å². The molecule has 0 spiro atoms. The Labute approximate surface area is 288 Å². The van der Waals surface area contributed by atoms with Crippen LogP contribution in [0.25, 0.3) is 5.69 Å². The molecule has 13 heteroatoms. The maximum absolute atomic E-state index is 14.0. The summed E-state index contributed by atoms with van der Waals surface area (Å²) in [4.78, 5) is 37.7. The molecule has 1 unspecified atom stereocenters. The molecule has 0 fully saturated rings. The Bertz CT molecular complexity index is 1990. The van der Waals surface area contributed by atoms with E-state index in [4.69, 9.17) is 32.7 Å². The molecular formula is C35H36Cl2N6O5. The zero-order valence-corrected chi connectivity index (χ0v) is 29.0. The van der Waals surface area contributed by atoms with Gasteiger partial charge in [-0.25, -0.2) is 14.5 Å². The summed E-state index contributed by atoms with van der Waals surface area (Å²) in [5.74, 6) is -0.734. The Balaban J connectivity index is 1.71. The number of aromatic carboxylic acids is 1. The molecule has 48 heavy (non-hydrogen) atoms. The number of carboxylic acid groups (broad SMARTS) is 1. The predicted molar refractivity (Wildman–Crippen MR) is 186 cm³/mol. The van der Waals surface area contributed by atoms with Gasteiger partial charge in [0.15, 0.2) is 5.69 Å². The van der Waals surface area contributed by atoms with Crippen LogP contribution in [0.2, 0.25) is 10.0 Å². The number of pyridine rings is 1. The van der Waals surface area contributed by atoms with Crippen molar-refractivity contribution in [3.63, 3.8) is 0 Å². The van der Waals surface area contributed by atoms with E-state index in [0.717, 1.165) is 11.1 Å². The van der Waals surface area contributed by atoms with Crippen molar-refractivity contribution in [1.29, 1.82) is 0 Å². The highest BCUT2D eigenvalue weighted by molar-refractivity contribution is 6.30. The molecule has 1 atom stereocenters. The molecular weight excluding hydrogens is 655 g/mol. The normalized spacial score (nSPS) is 11.9. The first-order valence-corrected chi connectivity index (χ1v) is 15.9. The van der Waals surface area contributed by atoms with E-state index in [0.29, 0.717) is 44.3 Å². The number of carbonyl (C=O) groups is 1. The lowest BCUT2D eigenvalue weighted by Gasteiger charge is -2.22. The van der Waals surface area contributed by atoms with E-state index >= 15 is 0 Å². The molecule has 0 aliphatic carbocycles. The number of rotatable bonds is 12. The molecule has 0 bridgehead atoms. The minimum atomic E-state index is -1.22. The fourth-order valence-electron chi connectivity index (χ4n) is 5.70. The fraction of sp³-hybridized carbons (Fsp3) is 0.286. The van der Waals surface area contributed by atoms with E-state index in [1.807, 2.05) is 50.2 Å². The lowest BCUT2D eigenvalue weighted by Crippen LogP contribution is -2.26. The van der Waals surface area contributed by atoms with E-state index < -0.39 is 11.9 Å². The molecule has 3 aromatic heterocycles. The van der Waals surface area contributed by atoms with Crippen molar-refractivity contribution in [1.82, 2.24) is 24.3 Å². The van der Waals surface area contributed by atoms with Crippen LogP contribution in [0.5, 0.6) is 11.6 Å². The number of nitrogens with zero attached hydrogens (tertiary/aromatic N) is 6. The highest BCUT2D eigenvalue weighted by atomic mass is 35.5. The molecule has 0 aliphatic heterocycles. The van der Waals surface area contributed by atoms with Gasteiger partial charge < -0.3 is 24.0 Å². The Morgan fingerprint density at radius 1 is 1.00 bits per heavy atom. The molecule has 0 amide bonds. The van der Waals surface area contributed by atoms with E-state index in [-0.39, 0.29) is 36.0 Å². The summed E-state index contributed by atoms with van der Waals surface area (Å²) in [5.41, 5.74) is 3.04. The van der Waals surface area contributed by atoms with Gasteiger partial charge in [0.05, 0.1) is 37.7 Å². The second-order valence-corrected chi connectivity index (χ2v) is 12.6. The maximum Gasteiger partial charge on any atom is 0.356 e. The predicted octanol–water partition coefficient (Wildman–Crippen LogP) is 6.46. The van der Waals surface area contributed by atoms with Gasteiger partial charge >= 0.3 is 5.97 Å². The van der Waals surface area contributed by atoms with Crippen LogP contribution in [-0.2, 0) is 13.0 Å². The first-order chi connectivity index (χ1) is 22.9. The van der Waals surface area contributed by atoms with Crippen LogP contribution in [0.3, 0.4) is 0 Å². The summed E-state index contributed by atoms with van der Waals surface area (Å²) < 4.78 is 14.0. The zero-order chi connectivity index (χ0) is 34.7. The molecule has 1 N–H and O–H groups in total. The Kier molecular flexibility index (Phi) is 10.4. The average molecular weight is 692 g/mol. The van der Waals surface area contributed by atoms with Gasteiger partial charge in [-0.2, -0.15) is 10.1 Å². The van der Waals surface area contributed by atoms with Crippen molar-refractivity contribution in [2.45, 2.75) is 38.6 Å². The van der Waals surface area contributed by atoms with Crippen molar-refractivity contribution in [2.24, 2.45) is 0 Å². The van der Waals surface area contributed by atoms with Crippen molar-refractivity contribution in [2.75, 3.05) is 33.2 Å². The van der Waals surface area contributed by atoms with E-state index in [9.17, 15) is 14.7 Å². The topological polar surface area (TPSA) is 125 Å². The smallest absolute Gasteiger partial charge is 0.356 e. The third-order valence-electron chi connectivity index (χ3n) is 7.94. The number of halogens is 2. The minimum Gasteiger partial charge on any atom is -0.497 e. The highest BCUT2D eigenvalue weighted by Crippen LogP contribution is 2.39. The van der Waals surface area contributed by atoms with Gasteiger partial charge in [-0.3, -0.25) is 4.79 Å². The number of ether oxygens (including phenoxy) is 2. The van der Waals surface area contributed by atoms with Crippen LogP contribution in [0.15, 0.2) is 71.8 Å². The van der Waals surface area contributed by atoms with Crippen LogP contribution in [0.4, 0.5) is 5.95 Å². The van der Waals surface area contributed by atoms with E-state index in [1.165, 1.54) is 11.8 Å². The average Bonchev–Trinajstić information content (AvgIpc) is 3.47. The molecule has 5 rings (SSSR count). The number of benzene rings is 2. The zero-order valence-electron chi connectivity index (χ0n) is 27.4. The van der Waals surface area contributed by atoms with Crippen LogP contribution < -0.4 is 19.9 Å². The molecule has 0 saturated heterocycles. The molecule has 5 aromatic rings. The molecule has 250 valence electrons. The summed E-state index contributed by atoms with van der Waals surface area (Å²) in [7, 11) is 6.69. The molecule has 11 nitrogen and oxygen atoms in total. The van der Waals surface area contributed by atoms with Crippen LogP contribution in [-0.4, -0.2) is 63.7 Å². The summed E-state index contributed by atoms with van der Waals surface area (Å²) in [5, 5.41) is 16.1. The first kappa shape index (κ1) is 34.5. The number of hydrogen-bond donors (Lipinski definition) is 1. The number of aromatic nitrogens is 5. The lowest BCUT2D eigenvalue weighted by molar-refractivity contribution is 0.0688. The lowest BCUT2D eigenvalue weighted by atomic mass is 9.83. The Hall–Kier alpha value is -4.87. The van der Waals surface area contributed by atoms with Crippen LogP contribution in [0, 0.1) is 0 Å². The van der Waals surface area contributed by atoms with Crippen molar-refractivity contribution in [3.05, 3.63) is 121 Å². The van der Waals surface area contributed by atoms with Gasteiger partial charge in [0.1, 0.15) is 11.4 Å². The van der Waals surface area contributed by atoms with Crippen molar-refractivity contribution in [3.8, 4) is 17.3 Å². The molecule has 0 aliphatic rings. The first-order valence-electron chi connectivity index (χ1n) is 15.1. The summed E-state index contributed by atoms with van der Waals surface area (Å²) in [6.07, 6.45) is 3.28. The summed E-state index contributed by atoms with van der Waals surface area (Å²) in [6, 6.07) is 16.2. The number of hydrogen-bond acceptors (Lipinski definition) is 8. The summed E-state index contributed by atoms with van der Waals surface area (Å²) >= 11 is 12.9. The van der Waals surface area contributed by atoms with Crippen molar-refractivity contribution < 1.29 is 19.4 Å². The molecule has 2 aromatic carbocycles. The van der Waals surface area contributed by atoms with Gasteiger partial charge in [-0.1, -0.05) is 61.3 Å². The SMILES string of the molecule is COc1ccc(Cn2cc(Cl)cc(CC(c3ccc(Cl)cc3)c3c(C(=O)O)nn(-c4cnc(N(C)C)nc4OC)c3C(C)C)c2=O)cc1. The van der Waals surface area contributed by atoms with E-state index in [1.54, 1.807) is 61.3 Å². The molecule has 0 saturated carbocycles. The van der Waals surface area contributed by atoms with Gasteiger partial charge in [0.2, 0.25) is 11.8 Å². The summed E-state index contributed by atoms with van der Waals surface area (Å²) in [6.45, 7) is 4.18. The third kappa shape index (κ3) is 7.17. The van der Waals surface area contributed by atoms with Crippen LogP contribution in [0.1, 0.15) is 64.1 Å². The monoisotopic (exact) mass is 690 g/mol. The van der Waals surface area contributed by atoms with Gasteiger partial charge in [-0.15, -0.1) is 0 Å². The van der Waals surface area contributed by atoms with Crippen LogP contribution >= 0.6 is 23.2 Å². The van der Waals surface area contributed by atoms with Gasteiger partial charge in [-0.05, 0) is 53.8 Å². The number of anilines is 1. The van der Waals surface area contributed by atoms with Crippen molar-refractivity contribution >= 4 is 35.1 Å². The Morgan fingerprint density at radius 3 is 2.27 bits per heavy atom. The second-order valence-electron chi connectivity index (χ2n) is 11.8. The second kappa shape index (κ2) is 14.5. The number of carboxylic acids is 1. The molecule has 0 radical (unpaired) electrons. The fourth-order valence-corrected chi connectivity index (χ4v) is 6.07. The quantitative estimate of drug-likeness (QED) is 0.157. The standard InChI is InChI=1S/C35H36Cl2N6O5/c1-20(2)31-29(30(34(45)46)40-43(31)28-17-38-35(41(3)4)39-32(28)48-6)27(22-9-11-24(36)12-10-22)16-23-15-25(37)19-42(33(23)44)18-21-7-13-26(47-5)14-8-21/h7-15,17,19-20,27H,16,18H2,1-6H3,(H,45,46). The van der Waals surface area contributed by atoms with Gasteiger partial charge in [0.25, 0.3) is 5.56 Å². The third-order valence-corrected chi connectivity index (χ3v) is 8.40. The Morgan fingerprint density at radius 2 is 1.69 bits per heavy atom. The van der Waals surface area contributed by atoms with Gasteiger partial charge in [0, 0.05) is 42.4 Å². The molecule has 3 heterocycles. The maximum atomic E-state index is 14.0. The largest absolute Gasteiger partial charge is 0.497 e. The number of methoxy groups -OCH3 is 2. The highest BCUT2D eigenvalue weighted by Gasteiger charge is 2.33.